The summed E-state index contributed by atoms with van der Waals surface area (Å²) in [7, 11) is 0. The average Bonchev–Trinajstić information content (AvgIpc) is 3.20. The lowest BCUT2D eigenvalue weighted by atomic mass is 10.2. The molecule has 2 N–H and O–H groups in total. The van der Waals surface area contributed by atoms with Crippen LogP contribution in [0.5, 0.6) is 0 Å². The van der Waals surface area contributed by atoms with Gasteiger partial charge in [-0.05, 0) is 42.5 Å². The number of hydrogen-bond acceptors (Lipinski definition) is 5. The fourth-order valence-corrected chi connectivity index (χ4v) is 2.64. The number of non-ortho nitro benzene ring substituents is 1. The molecule has 9 heteroatoms. The molecule has 1 heterocycles. The number of rotatable bonds is 7. The van der Waals surface area contributed by atoms with Crippen LogP contribution in [0.2, 0.25) is 5.02 Å². The monoisotopic (exact) mass is 413 g/mol. The minimum atomic E-state index is -0.592. The van der Waals surface area contributed by atoms with Gasteiger partial charge in [0.25, 0.3) is 11.6 Å². The normalized spacial score (nSPS) is 10.4. The molecule has 0 bridgehead atoms. The fourth-order valence-electron chi connectivity index (χ4n) is 2.51. The van der Waals surface area contributed by atoms with Gasteiger partial charge in [-0.15, -0.1) is 0 Å². The lowest BCUT2D eigenvalue weighted by molar-refractivity contribution is -0.384. The number of hydrogen-bond donors (Lipinski definition) is 2. The summed E-state index contributed by atoms with van der Waals surface area (Å²) in [4.78, 5) is 34.2. The van der Waals surface area contributed by atoms with Crippen LogP contribution in [-0.4, -0.2) is 23.3 Å². The Kier molecular flexibility index (Phi) is 6.25. The molecule has 0 spiro atoms. The van der Waals surface area contributed by atoms with Crippen LogP contribution in [0.4, 0.5) is 5.69 Å². The Morgan fingerprint density at radius 3 is 2.52 bits per heavy atom. The number of carbonyl (C=O) groups excluding carboxylic acids is 2. The van der Waals surface area contributed by atoms with E-state index in [1.54, 1.807) is 24.3 Å². The first-order chi connectivity index (χ1) is 13.9. The summed E-state index contributed by atoms with van der Waals surface area (Å²) in [5, 5.41) is 16.4. The fraction of sp³-hybridized carbons (Fsp3) is 0.100. The van der Waals surface area contributed by atoms with E-state index in [-0.39, 0.29) is 24.3 Å². The van der Waals surface area contributed by atoms with Gasteiger partial charge < -0.3 is 15.1 Å². The predicted octanol–water partition coefficient (Wildman–Crippen LogP) is 3.55. The summed E-state index contributed by atoms with van der Waals surface area (Å²) in [6.07, 6.45) is 0. The highest BCUT2D eigenvalue weighted by Gasteiger charge is 2.13. The Labute approximate surface area is 170 Å². The number of nitrogens with zero attached hydrogens (tertiary/aromatic N) is 1. The Balaban J connectivity index is 1.49. The maximum Gasteiger partial charge on any atom is 0.270 e. The molecule has 3 aromatic rings. The number of nitrogens with one attached hydrogen (secondary N) is 2. The second-order valence-corrected chi connectivity index (χ2v) is 6.48. The number of furan rings is 1. The van der Waals surface area contributed by atoms with E-state index >= 15 is 0 Å². The molecule has 2 amide bonds. The molecular formula is C20H16ClN3O5. The minimum absolute atomic E-state index is 0.102. The maximum absolute atomic E-state index is 12.0. The highest BCUT2D eigenvalue weighted by molar-refractivity contribution is 6.30. The highest BCUT2D eigenvalue weighted by atomic mass is 35.5. The van der Waals surface area contributed by atoms with Crippen molar-refractivity contribution in [2.24, 2.45) is 0 Å². The first kappa shape index (κ1) is 20.1. The van der Waals surface area contributed by atoms with Crippen molar-refractivity contribution in [3.8, 4) is 11.3 Å². The summed E-state index contributed by atoms with van der Waals surface area (Å²) < 4.78 is 5.68. The van der Waals surface area contributed by atoms with Gasteiger partial charge in [-0.3, -0.25) is 19.7 Å². The van der Waals surface area contributed by atoms with Crippen LogP contribution in [-0.2, 0) is 11.3 Å². The van der Waals surface area contributed by atoms with Crippen LogP contribution < -0.4 is 10.6 Å². The van der Waals surface area contributed by atoms with Crippen molar-refractivity contribution in [3.63, 3.8) is 0 Å². The molecule has 0 radical (unpaired) electrons. The third-order valence-electron chi connectivity index (χ3n) is 3.98. The molecule has 0 atom stereocenters. The van der Waals surface area contributed by atoms with Gasteiger partial charge in [0.05, 0.1) is 18.0 Å². The van der Waals surface area contributed by atoms with E-state index in [2.05, 4.69) is 10.6 Å². The lowest BCUT2D eigenvalue weighted by Gasteiger charge is -2.06. The summed E-state index contributed by atoms with van der Waals surface area (Å²) in [6, 6.07) is 16.0. The van der Waals surface area contributed by atoms with Gasteiger partial charge in [0.15, 0.2) is 0 Å². The van der Waals surface area contributed by atoms with E-state index in [0.717, 1.165) is 11.6 Å². The standard InChI is InChI=1S/C20H16ClN3O5/c21-15-6-4-13(5-7-15)18-9-8-17(29-18)11-22-19(25)12-23-20(26)14-2-1-3-16(10-14)24(27)28/h1-10H,11-12H2,(H,22,25)(H,23,26). The number of halogens is 1. The zero-order valence-corrected chi connectivity index (χ0v) is 15.8. The quantitative estimate of drug-likeness (QED) is 0.454. The van der Waals surface area contributed by atoms with Crippen LogP contribution in [0.3, 0.4) is 0 Å². The summed E-state index contributed by atoms with van der Waals surface area (Å²) >= 11 is 5.86. The zero-order chi connectivity index (χ0) is 20.8. The molecule has 0 unspecified atom stereocenters. The molecule has 29 heavy (non-hydrogen) atoms. The molecule has 0 aliphatic rings. The van der Waals surface area contributed by atoms with Crippen molar-refractivity contribution in [1.29, 1.82) is 0 Å². The third-order valence-corrected chi connectivity index (χ3v) is 4.23. The first-order valence-electron chi connectivity index (χ1n) is 8.56. The van der Waals surface area contributed by atoms with Crippen molar-refractivity contribution < 1.29 is 18.9 Å². The van der Waals surface area contributed by atoms with E-state index in [9.17, 15) is 19.7 Å². The predicted molar refractivity (Wildman–Crippen MR) is 106 cm³/mol. The molecule has 1 aromatic heterocycles. The first-order valence-corrected chi connectivity index (χ1v) is 8.94. The smallest absolute Gasteiger partial charge is 0.270 e. The topological polar surface area (TPSA) is 114 Å². The van der Waals surface area contributed by atoms with Gasteiger partial charge in [0, 0.05) is 28.3 Å². The zero-order valence-electron chi connectivity index (χ0n) is 15.1. The summed E-state index contributed by atoms with van der Waals surface area (Å²) in [5.41, 5.74) is 0.762. The Morgan fingerprint density at radius 1 is 1.03 bits per heavy atom. The van der Waals surface area contributed by atoms with Crippen molar-refractivity contribution >= 4 is 29.1 Å². The highest BCUT2D eigenvalue weighted by Crippen LogP contribution is 2.23. The third kappa shape index (κ3) is 5.43. The van der Waals surface area contributed by atoms with Gasteiger partial charge in [-0.1, -0.05) is 17.7 Å². The number of nitro benzene ring substituents is 1. The van der Waals surface area contributed by atoms with Crippen molar-refractivity contribution in [3.05, 3.63) is 87.1 Å². The molecule has 0 fully saturated rings. The second-order valence-electron chi connectivity index (χ2n) is 6.04. The largest absolute Gasteiger partial charge is 0.459 e. The summed E-state index contributed by atoms with van der Waals surface area (Å²) in [5.74, 6) is 0.193. The van der Waals surface area contributed by atoms with E-state index < -0.39 is 16.7 Å². The minimum Gasteiger partial charge on any atom is -0.459 e. The molecular weight excluding hydrogens is 398 g/mol. The Hall–Kier alpha value is -3.65. The van der Waals surface area contributed by atoms with Crippen molar-refractivity contribution in [2.75, 3.05) is 6.54 Å². The van der Waals surface area contributed by atoms with Crippen LogP contribution in [0.25, 0.3) is 11.3 Å². The van der Waals surface area contributed by atoms with Gasteiger partial charge in [0.2, 0.25) is 5.91 Å². The number of nitro groups is 1. The Morgan fingerprint density at radius 2 is 1.79 bits per heavy atom. The number of carbonyl (C=O) groups is 2. The van der Waals surface area contributed by atoms with Gasteiger partial charge in [-0.25, -0.2) is 0 Å². The number of benzene rings is 2. The molecule has 0 saturated carbocycles. The van der Waals surface area contributed by atoms with E-state index in [1.165, 1.54) is 18.2 Å². The van der Waals surface area contributed by atoms with Gasteiger partial charge >= 0.3 is 0 Å². The maximum atomic E-state index is 12.0. The molecule has 0 saturated heterocycles. The Bertz CT molecular complexity index is 1050. The molecule has 0 aliphatic carbocycles. The van der Waals surface area contributed by atoms with Crippen LogP contribution >= 0.6 is 11.6 Å². The SMILES string of the molecule is O=C(CNC(=O)c1cccc([N+](=O)[O-])c1)NCc1ccc(-c2ccc(Cl)cc2)o1. The molecule has 148 valence electrons. The van der Waals surface area contributed by atoms with Gasteiger partial charge in [-0.2, -0.15) is 0 Å². The second kappa shape index (κ2) is 9.03. The van der Waals surface area contributed by atoms with Crippen LogP contribution in [0.15, 0.2) is 65.1 Å². The molecule has 0 aliphatic heterocycles. The molecule has 8 nitrogen and oxygen atoms in total. The van der Waals surface area contributed by atoms with E-state index in [1.807, 2.05) is 12.1 Å². The van der Waals surface area contributed by atoms with Crippen molar-refractivity contribution in [1.82, 2.24) is 10.6 Å². The van der Waals surface area contributed by atoms with Crippen molar-refractivity contribution in [2.45, 2.75) is 6.54 Å². The molecule has 2 aromatic carbocycles. The van der Waals surface area contributed by atoms with E-state index in [0.29, 0.717) is 16.5 Å². The summed E-state index contributed by atoms with van der Waals surface area (Å²) in [6.45, 7) is -0.120. The van der Waals surface area contributed by atoms with Crippen LogP contribution in [0, 0.1) is 10.1 Å². The molecule has 3 rings (SSSR count). The van der Waals surface area contributed by atoms with Gasteiger partial charge in [0.1, 0.15) is 11.5 Å². The number of amides is 2. The van der Waals surface area contributed by atoms with Crippen LogP contribution in [0.1, 0.15) is 16.1 Å². The van der Waals surface area contributed by atoms with E-state index in [4.69, 9.17) is 16.0 Å². The average molecular weight is 414 g/mol. The lowest BCUT2D eigenvalue weighted by Crippen LogP contribution is -2.36.